The third-order valence-electron chi connectivity index (χ3n) is 7.82. The molecule has 4 rings (SSSR count). The molecule has 0 heterocycles. The first kappa shape index (κ1) is 35.0. The van der Waals surface area contributed by atoms with E-state index in [1.165, 1.54) is 6.07 Å². The number of phenols is 1. The number of ether oxygens (including phenoxy) is 2. The second-order valence-electron chi connectivity index (χ2n) is 11.4. The minimum atomic E-state index is -0.790. The Morgan fingerprint density at radius 2 is 1.49 bits per heavy atom. The van der Waals surface area contributed by atoms with Gasteiger partial charge in [0, 0.05) is 36.8 Å². The van der Waals surface area contributed by atoms with Crippen LogP contribution in [0.2, 0.25) is 0 Å². The van der Waals surface area contributed by atoms with Gasteiger partial charge in [0.15, 0.2) is 11.5 Å². The molecule has 0 fully saturated rings. The molecular formula is C37H43N3O7. The fraction of sp³-hybridized carbons (Fsp3) is 0.297. The summed E-state index contributed by atoms with van der Waals surface area (Å²) < 4.78 is 10.6. The molecular weight excluding hydrogens is 598 g/mol. The first-order valence-corrected chi connectivity index (χ1v) is 15.5. The van der Waals surface area contributed by atoms with Crippen LogP contribution in [0.15, 0.2) is 84.9 Å². The summed E-state index contributed by atoms with van der Waals surface area (Å²) in [7, 11) is 3.14. The Morgan fingerprint density at radius 1 is 0.787 bits per heavy atom. The number of benzene rings is 4. The van der Waals surface area contributed by atoms with Crippen LogP contribution in [0.25, 0.3) is 0 Å². The van der Waals surface area contributed by atoms with Gasteiger partial charge in [0.2, 0.25) is 5.91 Å². The van der Waals surface area contributed by atoms with E-state index >= 15 is 0 Å². The van der Waals surface area contributed by atoms with Crippen molar-refractivity contribution in [3.8, 4) is 17.2 Å². The Morgan fingerprint density at radius 3 is 2.21 bits per heavy atom. The van der Waals surface area contributed by atoms with E-state index in [0.29, 0.717) is 54.2 Å². The molecule has 0 spiro atoms. The quantitative estimate of drug-likeness (QED) is 0.108. The molecule has 1 unspecified atom stereocenters. The summed E-state index contributed by atoms with van der Waals surface area (Å²) in [6.45, 7) is 2.71. The van der Waals surface area contributed by atoms with Crippen LogP contribution in [0, 0.1) is 0 Å². The summed E-state index contributed by atoms with van der Waals surface area (Å²) >= 11 is 0. The van der Waals surface area contributed by atoms with Gasteiger partial charge in [-0.05, 0) is 77.6 Å². The Hall–Kier alpha value is -4.90. The van der Waals surface area contributed by atoms with Crippen molar-refractivity contribution >= 4 is 11.8 Å². The minimum Gasteiger partial charge on any atom is -0.508 e. The summed E-state index contributed by atoms with van der Waals surface area (Å²) in [5.41, 5.74) is 5.23. The Balaban J connectivity index is 1.20. The lowest BCUT2D eigenvalue weighted by Crippen LogP contribution is -2.32. The third-order valence-corrected chi connectivity index (χ3v) is 7.82. The van der Waals surface area contributed by atoms with Crippen molar-refractivity contribution < 1.29 is 34.4 Å². The van der Waals surface area contributed by atoms with E-state index in [1.54, 1.807) is 44.6 Å². The zero-order chi connectivity index (χ0) is 33.8. The van der Waals surface area contributed by atoms with Crippen molar-refractivity contribution in [1.82, 2.24) is 16.0 Å². The van der Waals surface area contributed by atoms with Crippen molar-refractivity contribution in [1.29, 1.82) is 0 Å². The number of aromatic hydroxyl groups is 1. The third kappa shape index (κ3) is 10.3. The van der Waals surface area contributed by atoms with Crippen molar-refractivity contribution in [3.05, 3.63) is 124 Å². The summed E-state index contributed by atoms with van der Waals surface area (Å²) in [6, 6.07) is 25.2. The molecule has 2 atom stereocenters. The Labute approximate surface area is 275 Å². The molecule has 0 aliphatic heterocycles. The maximum Gasteiger partial charge on any atom is 0.251 e. The van der Waals surface area contributed by atoms with E-state index in [9.17, 15) is 24.9 Å². The van der Waals surface area contributed by atoms with Gasteiger partial charge in [0.1, 0.15) is 5.75 Å². The van der Waals surface area contributed by atoms with E-state index in [1.807, 2.05) is 55.5 Å². The average molecular weight is 642 g/mol. The van der Waals surface area contributed by atoms with Gasteiger partial charge in [0.25, 0.3) is 5.91 Å². The molecule has 0 bridgehead atoms. The van der Waals surface area contributed by atoms with E-state index in [-0.39, 0.29) is 36.6 Å². The lowest BCUT2D eigenvalue weighted by Gasteiger charge is -2.18. The lowest BCUT2D eigenvalue weighted by molar-refractivity contribution is -0.120. The van der Waals surface area contributed by atoms with Crippen molar-refractivity contribution in [3.63, 3.8) is 0 Å². The molecule has 10 heteroatoms. The highest BCUT2D eigenvalue weighted by Crippen LogP contribution is 2.27. The zero-order valence-electron chi connectivity index (χ0n) is 27.0. The molecule has 0 aliphatic rings. The van der Waals surface area contributed by atoms with Crippen LogP contribution in [0.1, 0.15) is 56.8 Å². The first-order valence-electron chi connectivity index (χ1n) is 15.5. The van der Waals surface area contributed by atoms with Crippen LogP contribution >= 0.6 is 0 Å². The molecule has 248 valence electrons. The summed E-state index contributed by atoms with van der Waals surface area (Å²) in [6.07, 6.45) is 0.148. The predicted molar refractivity (Wildman–Crippen MR) is 179 cm³/mol. The van der Waals surface area contributed by atoms with Crippen molar-refractivity contribution in [2.24, 2.45) is 0 Å². The summed E-state index contributed by atoms with van der Waals surface area (Å²) in [5.74, 6) is 0.908. The minimum absolute atomic E-state index is 0.00178. The van der Waals surface area contributed by atoms with Crippen molar-refractivity contribution in [2.75, 3.05) is 20.8 Å². The number of carbonyl (C=O) groups is 2. The molecule has 0 saturated carbocycles. The number of aliphatic hydroxyl groups is 2. The van der Waals surface area contributed by atoms with Gasteiger partial charge in [-0.2, -0.15) is 0 Å². The number of nitrogens with one attached hydrogen (secondary N) is 3. The topological polar surface area (TPSA) is 149 Å². The molecule has 4 aromatic carbocycles. The van der Waals surface area contributed by atoms with Crippen LogP contribution in [0.4, 0.5) is 0 Å². The van der Waals surface area contributed by atoms with Crippen LogP contribution in [0.3, 0.4) is 0 Å². The summed E-state index contributed by atoms with van der Waals surface area (Å²) in [4.78, 5) is 25.4. The van der Waals surface area contributed by atoms with Crippen molar-refractivity contribution in [2.45, 2.75) is 51.6 Å². The molecule has 2 amide bonds. The molecule has 10 nitrogen and oxygen atoms in total. The Kier molecular flexibility index (Phi) is 12.7. The number of amides is 2. The SMILES string of the molecule is COc1ccc(CNC(=O)c2ccc(CNC(=O)Cc3cccc(CC(C)NC[C@H](O)c4ccc(O)c(CO)c4)c3)cc2)cc1OC. The normalized spacial score (nSPS) is 12.2. The predicted octanol–water partition coefficient (Wildman–Crippen LogP) is 3.94. The highest BCUT2D eigenvalue weighted by atomic mass is 16.5. The van der Waals surface area contributed by atoms with E-state index in [2.05, 4.69) is 16.0 Å². The maximum atomic E-state index is 12.7. The summed E-state index contributed by atoms with van der Waals surface area (Å²) in [5, 5.41) is 38.8. The van der Waals surface area contributed by atoms with Gasteiger partial charge in [0.05, 0.1) is 33.4 Å². The number of rotatable bonds is 16. The highest BCUT2D eigenvalue weighted by molar-refractivity contribution is 5.94. The second-order valence-corrected chi connectivity index (χ2v) is 11.4. The van der Waals surface area contributed by atoms with Crippen LogP contribution in [0.5, 0.6) is 17.2 Å². The maximum absolute atomic E-state index is 12.7. The van der Waals surface area contributed by atoms with Gasteiger partial charge < -0.3 is 40.7 Å². The van der Waals surface area contributed by atoms with Gasteiger partial charge in [-0.15, -0.1) is 0 Å². The van der Waals surface area contributed by atoms with Crippen LogP contribution < -0.4 is 25.4 Å². The molecule has 0 aromatic heterocycles. The molecule has 6 N–H and O–H groups in total. The molecule has 0 radical (unpaired) electrons. The smallest absolute Gasteiger partial charge is 0.251 e. The number of hydrogen-bond acceptors (Lipinski definition) is 8. The van der Waals surface area contributed by atoms with E-state index in [0.717, 1.165) is 22.3 Å². The van der Waals surface area contributed by atoms with E-state index in [4.69, 9.17) is 9.47 Å². The number of carbonyl (C=O) groups excluding carboxylic acids is 2. The molecule has 0 saturated heterocycles. The lowest BCUT2D eigenvalue weighted by atomic mass is 10.0. The Bertz CT molecular complexity index is 1640. The molecule has 47 heavy (non-hydrogen) atoms. The molecule has 4 aromatic rings. The fourth-order valence-electron chi connectivity index (χ4n) is 5.16. The number of aliphatic hydroxyl groups excluding tert-OH is 2. The number of hydrogen-bond donors (Lipinski definition) is 6. The number of methoxy groups -OCH3 is 2. The first-order chi connectivity index (χ1) is 22.7. The van der Waals surface area contributed by atoms with Crippen LogP contribution in [-0.2, 0) is 37.3 Å². The van der Waals surface area contributed by atoms with Gasteiger partial charge >= 0.3 is 0 Å². The average Bonchev–Trinajstić information content (AvgIpc) is 3.09. The van der Waals surface area contributed by atoms with Crippen LogP contribution in [-0.4, -0.2) is 53.9 Å². The fourth-order valence-corrected chi connectivity index (χ4v) is 5.16. The second kappa shape index (κ2) is 17.1. The monoisotopic (exact) mass is 641 g/mol. The largest absolute Gasteiger partial charge is 0.508 e. The van der Waals surface area contributed by atoms with Gasteiger partial charge in [-0.3, -0.25) is 9.59 Å². The standard InChI is InChI=1S/C37H43N3O7/c1-24(38-22-33(43)30-12-13-32(42)31(19-30)23-41)15-26-5-4-6-27(16-26)18-36(44)39-20-25-7-10-29(11-8-25)37(45)40-21-28-9-14-34(46-2)35(17-28)47-3/h4-14,16-17,19,24,33,38,41-43H,15,18,20-23H2,1-3H3,(H,39,44)(H,40,45)/t24?,33-/m0/s1. The zero-order valence-corrected chi connectivity index (χ0v) is 27.0. The van der Waals surface area contributed by atoms with E-state index < -0.39 is 6.10 Å². The van der Waals surface area contributed by atoms with Gasteiger partial charge in [-0.25, -0.2) is 0 Å². The highest BCUT2D eigenvalue weighted by Gasteiger charge is 2.13. The molecule has 0 aliphatic carbocycles. The van der Waals surface area contributed by atoms with Gasteiger partial charge in [-0.1, -0.05) is 48.5 Å².